The average molecular weight is 345 g/mol. The molecule has 2 heterocycles. The lowest BCUT2D eigenvalue weighted by atomic mass is 9.98. The minimum absolute atomic E-state index is 0.0773. The number of likely N-dealkylation sites (tertiary alicyclic amines) is 1. The Morgan fingerprint density at radius 1 is 1.24 bits per heavy atom. The molecule has 0 radical (unpaired) electrons. The maximum atomic E-state index is 12.1. The normalized spacial score (nSPS) is 18.9. The summed E-state index contributed by atoms with van der Waals surface area (Å²) in [7, 11) is 0. The fraction of sp³-hybridized carbons (Fsp3) is 0.632. The molecule has 6 nitrogen and oxygen atoms in total. The van der Waals surface area contributed by atoms with Gasteiger partial charge >= 0.3 is 0 Å². The molecule has 136 valence electrons. The number of pyridine rings is 1. The molecule has 0 unspecified atom stereocenters. The Morgan fingerprint density at radius 3 is 2.88 bits per heavy atom. The molecule has 0 bridgehead atoms. The van der Waals surface area contributed by atoms with Gasteiger partial charge in [-0.3, -0.25) is 9.59 Å². The van der Waals surface area contributed by atoms with Gasteiger partial charge in [0.15, 0.2) is 0 Å². The number of ether oxygens (including phenoxy) is 1. The third-order valence-corrected chi connectivity index (χ3v) is 4.88. The van der Waals surface area contributed by atoms with Crippen molar-refractivity contribution in [3.8, 4) is 5.88 Å². The van der Waals surface area contributed by atoms with E-state index in [0.29, 0.717) is 25.4 Å². The molecule has 1 N–H and O–H groups in total. The summed E-state index contributed by atoms with van der Waals surface area (Å²) in [5, 5.41) is 2.88. The first-order valence-electron chi connectivity index (χ1n) is 9.37. The molecular formula is C19H27N3O3. The van der Waals surface area contributed by atoms with Crippen molar-refractivity contribution in [1.82, 2.24) is 15.2 Å². The molecule has 0 atom stereocenters. The zero-order valence-corrected chi connectivity index (χ0v) is 14.7. The van der Waals surface area contributed by atoms with Crippen molar-refractivity contribution in [2.45, 2.75) is 64.0 Å². The summed E-state index contributed by atoms with van der Waals surface area (Å²) < 4.78 is 5.96. The van der Waals surface area contributed by atoms with Crippen LogP contribution >= 0.6 is 0 Å². The van der Waals surface area contributed by atoms with Gasteiger partial charge in [0.1, 0.15) is 6.10 Å². The maximum Gasteiger partial charge on any atom is 0.239 e. The fourth-order valence-electron chi connectivity index (χ4n) is 3.44. The predicted octanol–water partition coefficient (Wildman–Crippen LogP) is 2.42. The van der Waals surface area contributed by atoms with Gasteiger partial charge in [-0.15, -0.1) is 0 Å². The van der Waals surface area contributed by atoms with Gasteiger partial charge in [-0.1, -0.05) is 6.42 Å². The second-order valence-corrected chi connectivity index (χ2v) is 6.93. The number of hydrogen-bond acceptors (Lipinski definition) is 4. The number of carbonyl (C=O) groups excluding carboxylic acids is 2. The van der Waals surface area contributed by atoms with Crippen molar-refractivity contribution in [1.29, 1.82) is 0 Å². The van der Waals surface area contributed by atoms with Crippen LogP contribution in [0.3, 0.4) is 0 Å². The first-order chi connectivity index (χ1) is 12.2. The third kappa shape index (κ3) is 5.44. The van der Waals surface area contributed by atoms with Gasteiger partial charge in [-0.2, -0.15) is 0 Å². The number of nitrogens with zero attached hydrogens (tertiary/aromatic N) is 2. The van der Waals surface area contributed by atoms with Gasteiger partial charge in [-0.25, -0.2) is 4.98 Å². The lowest BCUT2D eigenvalue weighted by Gasteiger charge is -2.26. The Bertz CT molecular complexity index is 599. The smallest absolute Gasteiger partial charge is 0.239 e. The van der Waals surface area contributed by atoms with Crippen LogP contribution in [0.4, 0.5) is 0 Å². The summed E-state index contributed by atoms with van der Waals surface area (Å²) in [6.45, 7) is 1.25. The summed E-state index contributed by atoms with van der Waals surface area (Å²) in [6, 6.07) is 3.76. The number of rotatable bonds is 6. The Hall–Kier alpha value is -2.11. The van der Waals surface area contributed by atoms with E-state index in [-0.39, 0.29) is 24.5 Å². The largest absolute Gasteiger partial charge is 0.474 e. The number of hydrogen-bond donors (Lipinski definition) is 1. The van der Waals surface area contributed by atoms with E-state index < -0.39 is 0 Å². The molecule has 0 spiro atoms. The Labute approximate surface area is 148 Å². The highest BCUT2D eigenvalue weighted by Crippen LogP contribution is 2.22. The summed E-state index contributed by atoms with van der Waals surface area (Å²) >= 11 is 0. The van der Waals surface area contributed by atoms with Crippen molar-refractivity contribution in [2.24, 2.45) is 0 Å². The van der Waals surface area contributed by atoms with E-state index in [1.807, 2.05) is 12.1 Å². The highest BCUT2D eigenvalue weighted by atomic mass is 16.5. The van der Waals surface area contributed by atoms with Gasteiger partial charge in [0.25, 0.3) is 0 Å². The Balaban J connectivity index is 1.46. The molecule has 2 aliphatic rings. The number of piperidine rings is 1. The Morgan fingerprint density at radius 2 is 2.08 bits per heavy atom. The van der Waals surface area contributed by atoms with E-state index in [1.54, 1.807) is 11.1 Å². The number of carbonyl (C=O) groups is 2. The average Bonchev–Trinajstić information content (AvgIpc) is 2.63. The van der Waals surface area contributed by atoms with Crippen LogP contribution in [0.2, 0.25) is 0 Å². The standard InChI is InChI=1S/C19H27N3O3/c23-17(14-22-11-5-4-8-19(22)24)21-13-15-9-10-20-18(12-15)25-16-6-2-1-3-7-16/h9-10,12,16H,1-8,11,13-14H2,(H,21,23). The molecule has 1 aromatic rings. The van der Waals surface area contributed by atoms with Crippen LogP contribution in [0.5, 0.6) is 5.88 Å². The molecule has 25 heavy (non-hydrogen) atoms. The van der Waals surface area contributed by atoms with Crippen molar-refractivity contribution in [3.05, 3.63) is 23.9 Å². The van der Waals surface area contributed by atoms with Crippen LogP contribution < -0.4 is 10.1 Å². The zero-order chi connectivity index (χ0) is 17.5. The topological polar surface area (TPSA) is 71.5 Å². The van der Waals surface area contributed by atoms with E-state index in [1.165, 1.54) is 19.3 Å². The van der Waals surface area contributed by atoms with Crippen LogP contribution in [0.25, 0.3) is 0 Å². The van der Waals surface area contributed by atoms with Crippen LogP contribution in [-0.4, -0.2) is 40.9 Å². The fourth-order valence-corrected chi connectivity index (χ4v) is 3.44. The molecule has 6 heteroatoms. The van der Waals surface area contributed by atoms with E-state index in [4.69, 9.17) is 4.74 Å². The Kier molecular flexibility index (Phi) is 6.25. The van der Waals surface area contributed by atoms with Gasteiger partial charge in [0, 0.05) is 31.8 Å². The predicted molar refractivity (Wildman–Crippen MR) is 94.0 cm³/mol. The number of nitrogens with one attached hydrogen (secondary N) is 1. The summed E-state index contributed by atoms with van der Waals surface area (Å²) in [5.74, 6) is 0.583. The van der Waals surface area contributed by atoms with Gasteiger partial charge in [0.05, 0.1) is 6.54 Å². The van der Waals surface area contributed by atoms with Crippen LogP contribution in [0, 0.1) is 0 Å². The number of aromatic nitrogens is 1. The first kappa shape index (κ1) is 17.7. The molecule has 2 fully saturated rings. The second-order valence-electron chi connectivity index (χ2n) is 6.93. The molecule has 1 saturated carbocycles. The minimum atomic E-state index is -0.123. The quantitative estimate of drug-likeness (QED) is 0.859. The van der Waals surface area contributed by atoms with Crippen molar-refractivity contribution < 1.29 is 14.3 Å². The van der Waals surface area contributed by atoms with Crippen molar-refractivity contribution >= 4 is 11.8 Å². The van der Waals surface area contributed by atoms with Crippen molar-refractivity contribution in [2.75, 3.05) is 13.1 Å². The molecular weight excluding hydrogens is 318 g/mol. The molecule has 3 rings (SSSR count). The van der Waals surface area contributed by atoms with E-state index >= 15 is 0 Å². The molecule has 1 saturated heterocycles. The summed E-state index contributed by atoms with van der Waals surface area (Å²) in [6.07, 6.45) is 10.3. The number of amides is 2. The van der Waals surface area contributed by atoms with Gasteiger partial charge in [0.2, 0.25) is 17.7 Å². The van der Waals surface area contributed by atoms with Crippen LogP contribution in [0.15, 0.2) is 18.3 Å². The monoisotopic (exact) mass is 345 g/mol. The second kappa shape index (κ2) is 8.83. The molecule has 2 amide bonds. The van der Waals surface area contributed by atoms with Crippen molar-refractivity contribution in [3.63, 3.8) is 0 Å². The first-order valence-corrected chi connectivity index (χ1v) is 9.37. The maximum absolute atomic E-state index is 12.1. The molecule has 1 aromatic heterocycles. The molecule has 1 aliphatic heterocycles. The van der Waals surface area contributed by atoms with Gasteiger partial charge in [-0.05, 0) is 50.2 Å². The van der Waals surface area contributed by atoms with Crippen LogP contribution in [-0.2, 0) is 16.1 Å². The lowest BCUT2D eigenvalue weighted by Crippen LogP contribution is -2.42. The van der Waals surface area contributed by atoms with E-state index in [9.17, 15) is 9.59 Å². The zero-order valence-electron chi connectivity index (χ0n) is 14.7. The van der Waals surface area contributed by atoms with E-state index in [0.717, 1.165) is 31.2 Å². The van der Waals surface area contributed by atoms with Crippen LogP contribution in [0.1, 0.15) is 56.9 Å². The SMILES string of the molecule is O=C(CN1CCCCC1=O)NCc1ccnc(OC2CCCCC2)c1. The third-order valence-electron chi connectivity index (χ3n) is 4.88. The molecule has 1 aliphatic carbocycles. The lowest BCUT2D eigenvalue weighted by molar-refractivity contribution is -0.137. The van der Waals surface area contributed by atoms with E-state index in [2.05, 4.69) is 10.3 Å². The summed E-state index contributed by atoms with van der Waals surface area (Å²) in [5.41, 5.74) is 0.958. The minimum Gasteiger partial charge on any atom is -0.474 e. The highest BCUT2D eigenvalue weighted by molar-refractivity contribution is 5.85. The molecule has 0 aromatic carbocycles. The van der Waals surface area contributed by atoms with Gasteiger partial charge < -0.3 is 15.0 Å². The summed E-state index contributed by atoms with van der Waals surface area (Å²) in [4.78, 5) is 29.8. The highest BCUT2D eigenvalue weighted by Gasteiger charge is 2.20.